The molecule has 1 fully saturated rings. The predicted octanol–water partition coefficient (Wildman–Crippen LogP) is 3.77. The van der Waals surface area contributed by atoms with Crippen LogP contribution < -0.4 is 14.8 Å². The van der Waals surface area contributed by atoms with E-state index >= 15 is 0 Å². The summed E-state index contributed by atoms with van der Waals surface area (Å²) in [6.07, 6.45) is 0. The van der Waals surface area contributed by atoms with E-state index in [9.17, 15) is 0 Å². The Morgan fingerprint density at radius 2 is 1.64 bits per heavy atom. The lowest BCUT2D eigenvalue weighted by Crippen LogP contribution is -2.45. The summed E-state index contributed by atoms with van der Waals surface area (Å²) in [5.41, 5.74) is 3.83. The van der Waals surface area contributed by atoms with Crippen LogP contribution in [0.15, 0.2) is 40.9 Å². The molecule has 1 heterocycles. The predicted molar refractivity (Wildman–Crippen MR) is 105 cm³/mol. The SMILES string of the molecule is COc1cc(Br)c(C(c2ccccc2C)N2CCNCC2)cc1OC. The molecule has 1 aliphatic heterocycles. The number of ether oxygens (including phenoxy) is 2. The molecule has 0 aliphatic carbocycles. The summed E-state index contributed by atoms with van der Waals surface area (Å²) >= 11 is 3.76. The Balaban J connectivity index is 2.13. The molecule has 0 bridgehead atoms. The van der Waals surface area contributed by atoms with Gasteiger partial charge in [-0.05, 0) is 35.7 Å². The van der Waals surface area contributed by atoms with Crippen LogP contribution in [0.1, 0.15) is 22.7 Å². The van der Waals surface area contributed by atoms with Crippen LogP contribution in [0.25, 0.3) is 0 Å². The molecule has 1 atom stereocenters. The second kappa shape index (κ2) is 8.21. The molecule has 1 aliphatic rings. The molecule has 3 rings (SSSR count). The van der Waals surface area contributed by atoms with Crippen molar-refractivity contribution >= 4 is 15.9 Å². The van der Waals surface area contributed by atoms with Gasteiger partial charge >= 0.3 is 0 Å². The van der Waals surface area contributed by atoms with Crippen molar-refractivity contribution in [1.82, 2.24) is 10.2 Å². The highest BCUT2D eigenvalue weighted by molar-refractivity contribution is 9.10. The van der Waals surface area contributed by atoms with E-state index in [4.69, 9.17) is 9.47 Å². The fourth-order valence-electron chi connectivity index (χ4n) is 3.47. The van der Waals surface area contributed by atoms with E-state index in [1.165, 1.54) is 16.7 Å². The number of hydrogen-bond donors (Lipinski definition) is 1. The van der Waals surface area contributed by atoms with Crippen molar-refractivity contribution in [2.45, 2.75) is 13.0 Å². The molecule has 0 spiro atoms. The minimum atomic E-state index is 0.178. The van der Waals surface area contributed by atoms with E-state index in [0.717, 1.165) is 42.2 Å². The standard InChI is InChI=1S/C20H25BrN2O2/c1-14-6-4-5-7-15(14)20(23-10-8-22-9-11-23)16-12-18(24-2)19(25-3)13-17(16)21/h4-7,12-13,20,22H,8-11H2,1-3H3. The van der Waals surface area contributed by atoms with Gasteiger partial charge in [-0.2, -0.15) is 0 Å². The van der Waals surface area contributed by atoms with Crippen LogP contribution in [0.5, 0.6) is 11.5 Å². The van der Waals surface area contributed by atoms with E-state index in [2.05, 4.69) is 63.4 Å². The van der Waals surface area contributed by atoms with Crippen molar-refractivity contribution in [3.8, 4) is 11.5 Å². The summed E-state index contributed by atoms with van der Waals surface area (Å²) < 4.78 is 12.0. The summed E-state index contributed by atoms with van der Waals surface area (Å²) in [5, 5.41) is 3.44. The van der Waals surface area contributed by atoms with Crippen LogP contribution in [0.4, 0.5) is 0 Å². The Morgan fingerprint density at radius 1 is 1.00 bits per heavy atom. The van der Waals surface area contributed by atoms with Crippen LogP contribution in [0.2, 0.25) is 0 Å². The van der Waals surface area contributed by atoms with Gasteiger partial charge in [0.2, 0.25) is 0 Å². The van der Waals surface area contributed by atoms with Gasteiger partial charge in [-0.1, -0.05) is 40.2 Å². The molecule has 4 nitrogen and oxygen atoms in total. The average molecular weight is 405 g/mol. The second-order valence-corrected chi connectivity index (χ2v) is 7.13. The first-order valence-corrected chi connectivity index (χ1v) is 9.36. The first-order valence-electron chi connectivity index (χ1n) is 8.57. The third-order valence-corrected chi connectivity index (χ3v) is 5.48. The Morgan fingerprint density at radius 3 is 2.28 bits per heavy atom. The normalized spacial score (nSPS) is 16.5. The zero-order chi connectivity index (χ0) is 17.8. The van der Waals surface area contributed by atoms with Crippen LogP contribution in [-0.2, 0) is 0 Å². The van der Waals surface area contributed by atoms with E-state index in [0.29, 0.717) is 0 Å². The van der Waals surface area contributed by atoms with Crippen LogP contribution in [0.3, 0.4) is 0 Å². The molecular weight excluding hydrogens is 380 g/mol. The minimum absolute atomic E-state index is 0.178. The fourth-order valence-corrected chi connectivity index (χ4v) is 4.01. The molecule has 0 radical (unpaired) electrons. The molecular formula is C20H25BrN2O2. The number of hydrogen-bond acceptors (Lipinski definition) is 4. The van der Waals surface area contributed by atoms with Gasteiger partial charge in [-0.15, -0.1) is 0 Å². The molecule has 1 unspecified atom stereocenters. The lowest BCUT2D eigenvalue weighted by Gasteiger charge is -2.37. The maximum Gasteiger partial charge on any atom is 0.161 e. The Bertz CT molecular complexity index is 730. The molecule has 134 valence electrons. The molecule has 1 saturated heterocycles. The van der Waals surface area contributed by atoms with Crippen molar-refractivity contribution in [2.75, 3.05) is 40.4 Å². The maximum absolute atomic E-state index is 5.56. The number of benzene rings is 2. The Labute approximate surface area is 158 Å². The highest BCUT2D eigenvalue weighted by Crippen LogP contribution is 2.41. The largest absolute Gasteiger partial charge is 0.493 e. The van der Waals surface area contributed by atoms with Gasteiger partial charge in [0.1, 0.15) is 0 Å². The van der Waals surface area contributed by atoms with Crippen molar-refractivity contribution in [3.05, 3.63) is 57.6 Å². The zero-order valence-corrected chi connectivity index (χ0v) is 16.6. The number of halogens is 1. The quantitative estimate of drug-likeness (QED) is 0.821. The molecule has 25 heavy (non-hydrogen) atoms. The third-order valence-electron chi connectivity index (χ3n) is 4.80. The lowest BCUT2D eigenvalue weighted by atomic mass is 9.93. The van der Waals surface area contributed by atoms with Crippen LogP contribution in [-0.4, -0.2) is 45.3 Å². The van der Waals surface area contributed by atoms with Gasteiger partial charge in [0, 0.05) is 30.7 Å². The number of piperazine rings is 1. The van der Waals surface area contributed by atoms with Crippen molar-refractivity contribution < 1.29 is 9.47 Å². The average Bonchev–Trinajstić information content (AvgIpc) is 2.65. The summed E-state index contributed by atoms with van der Waals surface area (Å²) in [6, 6.07) is 12.9. The zero-order valence-electron chi connectivity index (χ0n) is 15.0. The first kappa shape index (κ1) is 18.2. The highest BCUT2D eigenvalue weighted by Gasteiger charge is 2.28. The number of rotatable bonds is 5. The van der Waals surface area contributed by atoms with Gasteiger partial charge in [-0.25, -0.2) is 0 Å². The Hall–Kier alpha value is -1.56. The number of methoxy groups -OCH3 is 2. The fraction of sp³-hybridized carbons (Fsp3) is 0.400. The monoisotopic (exact) mass is 404 g/mol. The summed E-state index contributed by atoms with van der Waals surface area (Å²) in [6.45, 7) is 6.22. The van der Waals surface area contributed by atoms with Crippen molar-refractivity contribution in [3.63, 3.8) is 0 Å². The number of nitrogens with zero attached hydrogens (tertiary/aromatic N) is 1. The smallest absolute Gasteiger partial charge is 0.161 e. The topological polar surface area (TPSA) is 33.7 Å². The van der Waals surface area contributed by atoms with Crippen LogP contribution in [0, 0.1) is 6.92 Å². The minimum Gasteiger partial charge on any atom is -0.493 e. The van der Waals surface area contributed by atoms with Crippen molar-refractivity contribution in [1.29, 1.82) is 0 Å². The maximum atomic E-state index is 5.56. The van der Waals surface area contributed by atoms with Gasteiger partial charge in [-0.3, -0.25) is 4.90 Å². The van der Waals surface area contributed by atoms with E-state index < -0.39 is 0 Å². The Kier molecular flexibility index (Phi) is 5.99. The number of nitrogens with one attached hydrogen (secondary N) is 1. The first-order chi connectivity index (χ1) is 12.2. The number of aryl methyl sites for hydroxylation is 1. The molecule has 2 aromatic rings. The molecule has 5 heteroatoms. The van der Waals surface area contributed by atoms with E-state index in [1.807, 2.05) is 6.07 Å². The third kappa shape index (κ3) is 3.84. The van der Waals surface area contributed by atoms with E-state index in [1.54, 1.807) is 14.2 Å². The highest BCUT2D eigenvalue weighted by atomic mass is 79.9. The van der Waals surface area contributed by atoms with Gasteiger partial charge in [0.25, 0.3) is 0 Å². The molecule has 0 amide bonds. The second-order valence-electron chi connectivity index (χ2n) is 6.27. The van der Waals surface area contributed by atoms with Gasteiger partial charge < -0.3 is 14.8 Å². The summed E-state index contributed by atoms with van der Waals surface area (Å²) in [7, 11) is 3.35. The molecule has 0 aromatic heterocycles. The van der Waals surface area contributed by atoms with Gasteiger partial charge in [0.15, 0.2) is 11.5 Å². The van der Waals surface area contributed by atoms with Gasteiger partial charge in [0.05, 0.1) is 20.3 Å². The molecule has 0 saturated carbocycles. The van der Waals surface area contributed by atoms with E-state index in [-0.39, 0.29) is 6.04 Å². The lowest BCUT2D eigenvalue weighted by molar-refractivity contribution is 0.197. The van der Waals surface area contributed by atoms with Crippen molar-refractivity contribution in [2.24, 2.45) is 0 Å². The summed E-state index contributed by atoms with van der Waals surface area (Å²) in [5.74, 6) is 1.50. The molecule has 1 N–H and O–H groups in total. The van der Waals surface area contributed by atoms with Crippen LogP contribution >= 0.6 is 15.9 Å². The molecule has 2 aromatic carbocycles. The summed E-state index contributed by atoms with van der Waals surface area (Å²) in [4.78, 5) is 2.53.